The average molecular weight is 269 g/mol. The lowest BCUT2D eigenvalue weighted by atomic mass is 10.1. The van der Waals surface area contributed by atoms with E-state index in [-0.39, 0.29) is 0 Å². The minimum atomic E-state index is 0.335. The van der Waals surface area contributed by atoms with Gasteiger partial charge in [-0.05, 0) is 35.8 Å². The second kappa shape index (κ2) is 5.23. The van der Waals surface area contributed by atoms with Gasteiger partial charge in [0.05, 0.1) is 6.04 Å². The summed E-state index contributed by atoms with van der Waals surface area (Å²) in [6.45, 7) is 6.28. The number of nitrogens with zero attached hydrogens (tertiary/aromatic N) is 1. The van der Waals surface area contributed by atoms with Crippen molar-refractivity contribution in [2.24, 2.45) is 5.92 Å². The molecule has 1 aliphatic rings. The van der Waals surface area contributed by atoms with Crippen LogP contribution in [0.2, 0.25) is 5.02 Å². The molecule has 0 saturated carbocycles. The first-order valence-electron chi connectivity index (χ1n) is 5.88. The third kappa shape index (κ3) is 2.90. The van der Waals surface area contributed by atoms with E-state index in [1.165, 1.54) is 5.56 Å². The average Bonchev–Trinajstić information content (AvgIpc) is 2.61. The first-order chi connectivity index (χ1) is 8.08. The Labute approximate surface area is 113 Å². The van der Waals surface area contributed by atoms with Crippen LogP contribution in [-0.4, -0.2) is 23.1 Å². The predicted molar refractivity (Wildman–Crippen MR) is 76.3 cm³/mol. The molecule has 92 valence electrons. The number of rotatable bonds is 3. The highest BCUT2D eigenvalue weighted by molar-refractivity contribution is 7.80. The lowest BCUT2D eigenvalue weighted by Gasteiger charge is -2.26. The van der Waals surface area contributed by atoms with Crippen LogP contribution in [0.25, 0.3) is 0 Å². The van der Waals surface area contributed by atoms with Crippen molar-refractivity contribution in [2.75, 3.05) is 13.1 Å². The molecule has 1 aromatic carbocycles. The molecular formula is C13H17ClN2S. The van der Waals surface area contributed by atoms with Crippen LogP contribution < -0.4 is 5.32 Å². The highest BCUT2D eigenvalue weighted by Crippen LogP contribution is 2.26. The monoisotopic (exact) mass is 268 g/mol. The highest BCUT2D eigenvalue weighted by atomic mass is 35.5. The molecule has 1 aromatic rings. The molecule has 17 heavy (non-hydrogen) atoms. The molecule has 1 fully saturated rings. The zero-order chi connectivity index (χ0) is 12.4. The first-order valence-corrected chi connectivity index (χ1v) is 6.66. The second-order valence-corrected chi connectivity index (χ2v) is 5.62. The van der Waals surface area contributed by atoms with Gasteiger partial charge in [-0.2, -0.15) is 0 Å². The van der Waals surface area contributed by atoms with Crippen molar-refractivity contribution in [3.63, 3.8) is 0 Å². The van der Waals surface area contributed by atoms with E-state index in [0.717, 1.165) is 23.2 Å². The number of hydrogen-bond acceptors (Lipinski definition) is 1. The molecular weight excluding hydrogens is 252 g/mol. The molecule has 0 aromatic heterocycles. The molecule has 2 nitrogen and oxygen atoms in total. The van der Waals surface area contributed by atoms with Gasteiger partial charge in [-0.15, -0.1) is 0 Å². The summed E-state index contributed by atoms with van der Waals surface area (Å²) in [4.78, 5) is 2.27. The second-order valence-electron chi connectivity index (χ2n) is 4.80. The van der Waals surface area contributed by atoms with Gasteiger partial charge in [-0.25, -0.2) is 0 Å². The Morgan fingerprint density at radius 2 is 2.06 bits per heavy atom. The van der Waals surface area contributed by atoms with E-state index in [4.69, 9.17) is 23.8 Å². The minimum absolute atomic E-state index is 0.335. The van der Waals surface area contributed by atoms with E-state index in [9.17, 15) is 0 Å². The molecule has 0 radical (unpaired) electrons. The maximum Gasteiger partial charge on any atom is 0.169 e. The molecule has 0 bridgehead atoms. The smallest absolute Gasteiger partial charge is 0.169 e. The van der Waals surface area contributed by atoms with Gasteiger partial charge in [-0.3, -0.25) is 0 Å². The lowest BCUT2D eigenvalue weighted by molar-refractivity contribution is 0.320. The lowest BCUT2D eigenvalue weighted by Crippen LogP contribution is -2.32. The van der Waals surface area contributed by atoms with Gasteiger partial charge in [0.25, 0.3) is 0 Å². The van der Waals surface area contributed by atoms with E-state index in [2.05, 4.69) is 36.2 Å². The molecule has 1 atom stereocenters. The largest absolute Gasteiger partial charge is 0.360 e. The van der Waals surface area contributed by atoms with Crippen LogP contribution >= 0.6 is 23.8 Å². The fourth-order valence-corrected chi connectivity index (χ4v) is 2.53. The van der Waals surface area contributed by atoms with Gasteiger partial charge < -0.3 is 10.2 Å². The Morgan fingerprint density at radius 1 is 1.41 bits per heavy atom. The van der Waals surface area contributed by atoms with Crippen molar-refractivity contribution in [3.05, 3.63) is 34.9 Å². The minimum Gasteiger partial charge on any atom is -0.360 e. The summed E-state index contributed by atoms with van der Waals surface area (Å²) < 4.78 is 0. The molecule has 0 amide bonds. The van der Waals surface area contributed by atoms with E-state index >= 15 is 0 Å². The van der Waals surface area contributed by atoms with Crippen LogP contribution in [0.5, 0.6) is 0 Å². The topological polar surface area (TPSA) is 15.3 Å². The number of halogens is 1. The highest BCUT2D eigenvalue weighted by Gasteiger charge is 2.29. The molecule has 0 spiro atoms. The number of hydrogen-bond donors (Lipinski definition) is 1. The quantitative estimate of drug-likeness (QED) is 0.848. The summed E-state index contributed by atoms with van der Waals surface area (Å²) in [7, 11) is 0. The predicted octanol–water partition coefficient (Wildman–Crippen LogP) is 3.23. The van der Waals surface area contributed by atoms with Crippen LogP contribution in [0.15, 0.2) is 24.3 Å². The molecule has 1 unspecified atom stereocenters. The van der Waals surface area contributed by atoms with Crippen LogP contribution in [0.1, 0.15) is 25.5 Å². The van der Waals surface area contributed by atoms with Gasteiger partial charge in [-0.1, -0.05) is 37.6 Å². The summed E-state index contributed by atoms with van der Waals surface area (Å²) in [5.41, 5.74) is 1.27. The number of thiocarbonyl (C=S) groups is 1. The van der Waals surface area contributed by atoms with Crippen molar-refractivity contribution in [1.29, 1.82) is 0 Å². The first kappa shape index (κ1) is 12.7. The summed E-state index contributed by atoms with van der Waals surface area (Å²) in [6, 6.07) is 8.37. The molecule has 2 rings (SSSR count). The summed E-state index contributed by atoms with van der Waals surface area (Å²) in [5.74, 6) is 0.600. The molecule has 0 aliphatic carbocycles. The van der Waals surface area contributed by atoms with Crippen molar-refractivity contribution in [1.82, 2.24) is 10.2 Å². The van der Waals surface area contributed by atoms with Crippen molar-refractivity contribution in [2.45, 2.75) is 19.9 Å². The third-order valence-corrected chi connectivity index (χ3v) is 3.53. The number of benzene rings is 1. The normalized spacial score (nSPS) is 19.9. The maximum atomic E-state index is 5.91. The van der Waals surface area contributed by atoms with Crippen molar-refractivity contribution < 1.29 is 0 Å². The molecule has 1 heterocycles. The maximum absolute atomic E-state index is 5.91. The van der Waals surface area contributed by atoms with Crippen molar-refractivity contribution in [3.8, 4) is 0 Å². The van der Waals surface area contributed by atoms with E-state index in [1.54, 1.807) is 0 Å². The molecule has 4 heteroatoms. The van der Waals surface area contributed by atoms with Crippen LogP contribution in [-0.2, 0) is 0 Å². The van der Waals surface area contributed by atoms with Crippen LogP contribution in [0.3, 0.4) is 0 Å². The van der Waals surface area contributed by atoms with Crippen LogP contribution in [0, 0.1) is 5.92 Å². The van der Waals surface area contributed by atoms with Gasteiger partial charge >= 0.3 is 0 Å². The molecule has 1 N–H and O–H groups in total. The Kier molecular flexibility index (Phi) is 3.89. The van der Waals surface area contributed by atoms with Gasteiger partial charge in [0.2, 0.25) is 0 Å². The van der Waals surface area contributed by atoms with Gasteiger partial charge in [0.15, 0.2) is 5.11 Å². The summed E-state index contributed by atoms with van der Waals surface area (Å²) in [5, 5.41) is 4.90. The number of nitrogens with one attached hydrogen (secondary N) is 1. The Balaban J connectivity index is 2.19. The van der Waals surface area contributed by atoms with E-state index in [0.29, 0.717) is 12.0 Å². The van der Waals surface area contributed by atoms with E-state index < -0.39 is 0 Å². The fraction of sp³-hybridized carbons (Fsp3) is 0.462. The van der Waals surface area contributed by atoms with Crippen molar-refractivity contribution >= 4 is 28.9 Å². The third-order valence-electron chi connectivity index (χ3n) is 2.90. The fourth-order valence-electron chi connectivity index (χ4n) is 2.12. The Morgan fingerprint density at radius 3 is 2.65 bits per heavy atom. The zero-order valence-corrected chi connectivity index (χ0v) is 11.7. The molecule has 1 aliphatic heterocycles. The van der Waals surface area contributed by atoms with Gasteiger partial charge in [0.1, 0.15) is 0 Å². The van der Waals surface area contributed by atoms with Gasteiger partial charge in [0, 0.05) is 18.1 Å². The summed E-state index contributed by atoms with van der Waals surface area (Å²) >= 11 is 11.3. The zero-order valence-electron chi connectivity index (χ0n) is 10.1. The van der Waals surface area contributed by atoms with Crippen LogP contribution in [0.4, 0.5) is 0 Å². The summed E-state index contributed by atoms with van der Waals surface area (Å²) in [6.07, 6.45) is 0. The van der Waals surface area contributed by atoms with E-state index in [1.807, 2.05) is 12.1 Å². The molecule has 1 saturated heterocycles. The Hall–Kier alpha value is -0.800. The Bertz CT molecular complexity index is 402. The standard InChI is InChI=1S/C13H17ClN2S/c1-9(2)8-16-12(7-15-13(16)17)10-3-5-11(14)6-4-10/h3-6,9,12H,7-8H2,1-2H3,(H,15,17). The SMILES string of the molecule is CC(C)CN1C(=S)NCC1c1ccc(Cl)cc1.